The summed E-state index contributed by atoms with van der Waals surface area (Å²) in [7, 11) is -3.64. The minimum Gasteiger partial charge on any atom is -0.329 e. The molecule has 1 heterocycles. The predicted octanol–water partition coefficient (Wildman–Crippen LogP) is 1.22. The van der Waals surface area contributed by atoms with Gasteiger partial charge in [0.25, 0.3) is 0 Å². The van der Waals surface area contributed by atoms with E-state index in [2.05, 4.69) is 15.1 Å². The first-order valence-corrected chi connectivity index (χ1v) is 8.91. The average molecular weight is 424 g/mol. The van der Waals surface area contributed by atoms with Crippen LogP contribution in [-0.4, -0.2) is 37.2 Å². The molecule has 0 spiro atoms. The van der Waals surface area contributed by atoms with E-state index in [1.54, 1.807) is 16.8 Å². The summed E-state index contributed by atoms with van der Waals surface area (Å²) < 4.78 is 28.1. The molecule has 0 radical (unpaired) electrons. The summed E-state index contributed by atoms with van der Waals surface area (Å²) in [5, 5.41) is 6.90. The van der Waals surface area contributed by atoms with Crippen LogP contribution >= 0.6 is 24.8 Å². The van der Waals surface area contributed by atoms with Crippen LogP contribution in [0.4, 0.5) is 5.69 Å². The van der Waals surface area contributed by atoms with Crippen molar-refractivity contribution in [2.24, 2.45) is 5.73 Å². The van der Waals surface area contributed by atoms with Gasteiger partial charge >= 0.3 is 0 Å². The quantitative estimate of drug-likeness (QED) is 0.618. The molecule has 0 unspecified atom stereocenters. The molecular formula is C15H23Cl2N5O3S. The molecular weight excluding hydrogens is 401 g/mol. The van der Waals surface area contributed by atoms with E-state index in [1.165, 1.54) is 12.1 Å². The van der Waals surface area contributed by atoms with Crippen molar-refractivity contribution in [1.82, 2.24) is 14.5 Å². The maximum Gasteiger partial charge on any atom is 0.246 e. The fourth-order valence-electron chi connectivity index (χ4n) is 2.19. The van der Waals surface area contributed by atoms with Gasteiger partial charge in [0.15, 0.2) is 0 Å². The van der Waals surface area contributed by atoms with Gasteiger partial charge in [-0.25, -0.2) is 13.1 Å². The SMILES string of the molecule is Cc1cc(C)n(CC(=O)Nc2cccc(S(=O)(=O)NCCN)c2)n1.Cl.Cl. The normalized spacial score (nSPS) is 10.6. The van der Waals surface area contributed by atoms with E-state index in [-0.39, 0.29) is 55.3 Å². The smallest absolute Gasteiger partial charge is 0.246 e. The van der Waals surface area contributed by atoms with Crippen LogP contribution < -0.4 is 15.8 Å². The van der Waals surface area contributed by atoms with Gasteiger partial charge in [0.2, 0.25) is 15.9 Å². The Balaban J connectivity index is 0.00000312. The van der Waals surface area contributed by atoms with Gasteiger partial charge in [-0.3, -0.25) is 9.48 Å². The lowest BCUT2D eigenvalue weighted by Crippen LogP contribution is -2.29. The summed E-state index contributed by atoms with van der Waals surface area (Å²) in [4.78, 5) is 12.2. The zero-order valence-corrected chi connectivity index (χ0v) is 16.9. The Morgan fingerprint density at radius 3 is 2.50 bits per heavy atom. The molecule has 1 aromatic heterocycles. The second-order valence-corrected chi connectivity index (χ2v) is 7.11. The molecule has 2 aromatic rings. The minimum atomic E-state index is -3.64. The van der Waals surface area contributed by atoms with Crippen molar-refractivity contribution in [3.8, 4) is 0 Å². The number of hydrogen-bond donors (Lipinski definition) is 3. The molecule has 4 N–H and O–H groups in total. The first-order valence-electron chi connectivity index (χ1n) is 7.42. The zero-order valence-electron chi connectivity index (χ0n) is 14.4. The summed E-state index contributed by atoms with van der Waals surface area (Å²) in [6, 6.07) is 7.92. The highest BCUT2D eigenvalue weighted by atomic mass is 35.5. The van der Waals surface area contributed by atoms with Gasteiger partial charge in [0.05, 0.1) is 10.6 Å². The standard InChI is InChI=1S/C15H21N5O3S.2ClH/c1-11-8-12(2)20(19-11)10-15(21)18-13-4-3-5-14(9-13)24(22,23)17-7-6-16;;/h3-5,8-9,17H,6-7,10,16H2,1-2H3,(H,18,21);2*1H. The zero-order chi connectivity index (χ0) is 17.7. The number of halogens is 2. The molecule has 26 heavy (non-hydrogen) atoms. The molecule has 0 saturated heterocycles. The number of benzene rings is 1. The Morgan fingerprint density at radius 2 is 1.92 bits per heavy atom. The van der Waals surface area contributed by atoms with E-state index >= 15 is 0 Å². The highest BCUT2D eigenvalue weighted by molar-refractivity contribution is 7.89. The van der Waals surface area contributed by atoms with Crippen LogP contribution in [-0.2, 0) is 21.4 Å². The number of carbonyl (C=O) groups is 1. The predicted molar refractivity (Wildman–Crippen MR) is 106 cm³/mol. The van der Waals surface area contributed by atoms with Gasteiger partial charge in [-0.2, -0.15) is 5.10 Å². The molecule has 1 amide bonds. The van der Waals surface area contributed by atoms with Gasteiger partial charge in [-0.15, -0.1) is 24.8 Å². The molecule has 1 aromatic carbocycles. The van der Waals surface area contributed by atoms with Crippen molar-refractivity contribution in [2.75, 3.05) is 18.4 Å². The van der Waals surface area contributed by atoms with Crippen molar-refractivity contribution >= 4 is 46.4 Å². The van der Waals surface area contributed by atoms with Crippen LogP contribution in [0.15, 0.2) is 35.2 Å². The lowest BCUT2D eigenvalue weighted by Gasteiger charge is -2.09. The van der Waals surface area contributed by atoms with Crippen LogP contribution in [0.2, 0.25) is 0 Å². The molecule has 0 fully saturated rings. The minimum absolute atomic E-state index is 0. The highest BCUT2D eigenvalue weighted by Crippen LogP contribution is 2.15. The molecule has 0 saturated carbocycles. The fraction of sp³-hybridized carbons (Fsp3) is 0.333. The van der Waals surface area contributed by atoms with Crippen LogP contribution in [0.25, 0.3) is 0 Å². The van der Waals surface area contributed by atoms with E-state index in [4.69, 9.17) is 5.73 Å². The van der Waals surface area contributed by atoms with Gasteiger partial charge in [0, 0.05) is 24.5 Å². The second kappa shape index (κ2) is 10.5. The molecule has 0 aliphatic heterocycles. The monoisotopic (exact) mass is 423 g/mol. The van der Waals surface area contributed by atoms with Gasteiger partial charge in [0.1, 0.15) is 6.54 Å². The lowest BCUT2D eigenvalue weighted by atomic mass is 10.3. The number of nitrogens with zero attached hydrogens (tertiary/aromatic N) is 2. The van der Waals surface area contributed by atoms with Crippen molar-refractivity contribution in [3.63, 3.8) is 0 Å². The molecule has 2 rings (SSSR count). The molecule has 146 valence electrons. The topological polar surface area (TPSA) is 119 Å². The molecule has 0 atom stereocenters. The molecule has 0 aliphatic rings. The van der Waals surface area contributed by atoms with Crippen LogP contribution in [0, 0.1) is 13.8 Å². The third kappa shape index (κ3) is 6.58. The number of aryl methyl sites for hydroxylation is 2. The van der Waals surface area contributed by atoms with Gasteiger partial charge < -0.3 is 11.1 Å². The summed E-state index contributed by atoms with van der Waals surface area (Å²) in [5.41, 5.74) is 7.42. The second-order valence-electron chi connectivity index (χ2n) is 5.35. The number of nitrogens with one attached hydrogen (secondary N) is 2. The summed E-state index contributed by atoms with van der Waals surface area (Å²) >= 11 is 0. The van der Waals surface area contributed by atoms with Crippen molar-refractivity contribution in [1.29, 1.82) is 0 Å². The van der Waals surface area contributed by atoms with Crippen molar-refractivity contribution in [2.45, 2.75) is 25.3 Å². The number of nitrogens with two attached hydrogens (primary N) is 1. The average Bonchev–Trinajstić information content (AvgIpc) is 2.83. The molecule has 0 aliphatic carbocycles. The Hall–Kier alpha value is -1.65. The number of hydrogen-bond acceptors (Lipinski definition) is 5. The Labute approximate surface area is 165 Å². The number of sulfonamides is 1. The van der Waals surface area contributed by atoms with Crippen LogP contribution in [0.1, 0.15) is 11.4 Å². The molecule has 11 heteroatoms. The maximum atomic E-state index is 12.1. The van der Waals surface area contributed by atoms with Gasteiger partial charge in [-0.1, -0.05) is 6.07 Å². The summed E-state index contributed by atoms with van der Waals surface area (Å²) in [5.74, 6) is -0.286. The Bertz CT molecular complexity index is 840. The number of rotatable bonds is 7. The van der Waals surface area contributed by atoms with Crippen molar-refractivity contribution in [3.05, 3.63) is 41.7 Å². The van der Waals surface area contributed by atoms with E-state index in [0.29, 0.717) is 5.69 Å². The number of carbonyl (C=O) groups excluding carboxylic acids is 1. The van der Waals surface area contributed by atoms with E-state index in [0.717, 1.165) is 11.4 Å². The first-order chi connectivity index (χ1) is 11.3. The lowest BCUT2D eigenvalue weighted by molar-refractivity contribution is -0.116. The first kappa shape index (κ1) is 24.4. The van der Waals surface area contributed by atoms with Crippen LogP contribution in [0.3, 0.4) is 0 Å². The molecule has 0 bridgehead atoms. The van der Waals surface area contributed by atoms with E-state index in [1.807, 2.05) is 19.9 Å². The van der Waals surface area contributed by atoms with Gasteiger partial charge in [-0.05, 0) is 38.1 Å². The number of amides is 1. The van der Waals surface area contributed by atoms with Crippen LogP contribution in [0.5, 0.6) is 0 Å². The maximum absolute atomic E-state index is 12.1. The molecule has 8 nitrogen and oxygen atoms in total. The Morgan fingerprint density at radius 1 is 1.23 bits per heavy atom. The number of aromatic nitrogens is 2. The van der Waals surface area contributed by atoms with Crippen molar-refractivity contribution < 1.29 is 13.2 Å². The third-order valence-corrected chi connectivity index (χ3v) is 4.72. The third-order valence-electron chi connectivity index (χ3n) is 3.26. The highest BCUT2D eigenvalue weighted by Gasteiger charge is 2.14. The summed E-state index contributed by atoms with van der Waals surface area (Å²) in [6.07, 6.45) is 0. The van der Waals surface area contributed by atoms with E-state index < -0.39 is 10.0 Å². The number of anilines is 1. The van der Waals surface area contributed by atoms with E-state index in [9.17, 15) is 13.2 Å². The fourth-order valence-corrected chi connectivity index (χ4v) is 3.28. The Kier molecular flexibility index (Phi) is 9.82. The largest absolute Gasteiger partial charge is 0.329 e. The summed E-state index contributed by atoms with van der Waals surface area (Å²) in [6.45, 7) is 4.13.